The van der Waals surface area contributed by atoms with E-state index < -0.39 is 0 Å². The Morgan fingerprint density at radius 2 is 2.04 bits per heavy atom. The van der Waals surface area contributed by atoms with Crippen molar-refractivity contribution in [3.63, 3.8) is 0 Å². The molecule has 0 atom stereocenters. The SMILES string of the molecule is Cc1cc(C)n2ccc(C(=O)NCc3ccc4cccnc4c3)c2n1. The van der Waals surface area contributed by atoms with Crippen LogP contribution in [0.25, 0.3) is 16.6 Å². The van der Waals surface area contributed by atoms with Crippen molar-refractivity contribution in [2.75, 3.05) is 0 Å². The first-order valence-electron chi connectivity index (χ1n) is 8.19. The summed E-state index contributed by atoms with van der Waals surface area (Å²) < 4.78 is 1.93. The highest BCUT2D eigenvalue weighted by molar-refractivity contribution is 6.00. The molecule has 0 bridgehead atoms. The summed E-state index contributed by atoms with van der Waals surface area (Å²) in [5, 5.41) is 4.07. The van der Waals surface area contributed by atoms with Crippen molar-refractivity contribution in [1.29, 1.82) is 0 Å². The fourth-order valence-electron chi connectivity index (χ4n) is 3.07. The van der Waals surface area contributed by atoms with E-state index in [2.05, 4.69) is 15.3 Å². The number of aromatic nitrogens is 3. The molecule has 0 aliphatic rings. The Kier molecular flexibility index (Phi) is 3.69. The average Bonchev–Trinajstić information content (AvgIpc) is 3.03. The van der Waals surface area contributed by atoms with Crippen LogP contribution in [0, 0.1) is 13.8 Å². The molecule has 1 N–H and O–H groups in total. The van der Waals surface area contributed by atoms with Gasteiger partial charge in [0.1, 0.15) is 5.65 Å². The Labute approximate surface area is 145 Å². The molecule has 1 amide bonds. The number of hydrogen-bond acceptors (Lipinski definition) is 3. The van der Waals surface area contributed by atoms with Gasteiger partial charge < -0.3 is 9.72 Å². The van der Waals surface area contributed by atoms with Crippen LogP contribution in [0.3, 0.4) is 0 Å². The Bertz CT molecular complexity index is 1100. The number of rotatable bonds is 3. The maximum Gasteiger partial charge on any atom is 0.255 e. The summed E-state index contributed by atoms with van der Waals surface area (Å²) in [5.74, 6) is -0.124. The largest absolute Gasteiger partial charge is 0.348 e. The number of amides is 1. The summed E-state index contributed by atoms with van der Waals surface area (Å²) in [4.78, 5) is 21.5. The molecule has 0 unspecified atom stereocenters. The summed E-state index contributed by atoms with van der Waals surface area (Å²) in [6.45, 7) is 4.39. The van der Waals surface area contributed by atoms with Gasteiger partial charge in [0, 0.05) is 35.7 Å². The van der Waals surface area contributed by atoms with E-state index in [0.717, 1.165) is 27.9 Å². The molecule has 0 fully saturated rings. The van der Waals surface area contributed by atoms with Crippen LogP contribution in [0.5, 0.6) is 0 Å². The maximum atomic E-state index is 12.6. The molecule has 1 aromatic carbocycles. The molecule has 0 spiro atoms. The summed E-state index contributed by atoms with van der Waals surface area (Å²) in [5.41, 5.74) is 5.18. The first kappa shape index (κ1) is 15.3. The lowest BCUT2D eigenvalue weighted by Gasteiger charge is -2.07. The standard InChI is InChI=1S/C20H18N4O/c1-13-10-14(2)24-9-7-17(19(24)23-13)20(25)22-12-15-5-6-16-4-3-8-21-18(16)11-15/h3-11H,12H2,1-2H3,(H,22,25). The van der Waals surface area contributed by atoms with E-state index in [9.17, 15) is 4.79 Å². The number of fused-ring (bicyclic) bond motifs is 2. The van der Waals surface area contributed by atoms with Crippen LogP contribution in [0.15, 0.2) is 54.9 Å². The number of nitrogens with one attached hydrogen (secondary N) is 1. The number of nitrogens with zero attached hydrogens (tertiary/aromatic N) is 3. The van der Waals surface area contributed by atoms with Gasteiger partial charge in [-0.2, -0.15) is 0 Å². The zero-order chi connectivity index (χ0) is 17.4. The van der Waals surface area contributed by atoms with Crippen molar-refractivity contribution in [3.8, 4) is 0 Å². The monoisotopic (exact) mass is 330 g/mol. The molecule has 4 aromatic rings. The number of pyridine rings is 1. The maximum absolute atomic E-state index is 12.6. The van der Waals surface area contributed by atoms with Crippen LogP contribution < -0.4 is 5.32 Å². The van der Waals surface area contributed by atoms with Crippen LogP contribution in [-0.4, -0.2) is 20.3 Å². The lowest BCUT2D eigenvalue weighted by molar-refractivity contribution is 0.0952. The van der Waals surface area contributed by atoms with Gasteiger partial charge in [-0.25, -0.2) is 4.98 Å². The number of carbonyl (C=O) groups excluding carboxylic acids is 1. The lowest BCUT2D eigenvalue weighted by Crippen LogP contribution is -2.22. The van der Waals surface area contributed by atoms with Gasteiger partial charge in [-0.3, -0.25) is 9.78 Å². The number of aryl methyl sites for hydroxylation is 2. The molecule has 5 heteroatoms. The molecule has 0 aliphatic carbocycles. The molecule has 25 heavy (non-hydrogen) atoms. The predicted molar refractivity (Wildman–Crippen MR) is 97.6 cm³/mol. The molecular formula is C20H18N4O. The van der Waals surface area contributed by atoms with Gasteiger partial charge in [-0.05, 0) is 43.7 Å². The second kappa shape index (κ2) is 6.02. The Hall–Kier alpha value is -3.21. The van der Waals surface area contributed by atoms with Crippen molar-refractivity contribution in [3.05, 3.63) is 77.4 Å². The lowest BCUT2D eigenvalue weighted by atomic mass is 10.1. The van der Waals surface area contributed by atoms with Gasteiger partial charge >= 0.3 is 0 Å². The molecule has 4 rings (SSSR count). The Balaban J connectivity index is 1.57. The van der Waals surface area contributed by atoms with Crippen molar-refractivity contribution >= 4 is 22.5 Å². The molecule has 0 saturated heterocycles. The minimum absolute atomic E-state index is 0.124. The first-order valence-corrected chi connectivity index (χ1v) is 8.19. The highest BCUT2D eigenvalue weighted by Crippen LogP contribution is 2.16. The fraction of sp³-hybridized carbons (Fsp3) is 0.150. The number of benzene rings is 1. The van der Waals surface area contributed by atoms with Crippen LogP contribution >= 0.6 is 0 Å². The summed E-state index contributed by atoms with van der Waals surface area (Å²) in [6, 6.07) is 13.8. The predicted octanol–water partition coefficient (Wildman–Crippen LogP) is 3.43. The molecule has 0 aliphatic heterocycles. The van der Waals surface area contributed by atoms with E-state index in [4.69, 9.17) is 0 Å². The van der Waals surface area contributed by atoms with Gasteiger partial charge in [0.2, 0.25) is 0 Å². The Morgan fingerprint density at radius 1 is 1.16 bits per heavy atom. The molecule has 0 radical (unpaired) electrons. The van der Waals surface area contributed by atoms with Crippen LogP contribution in [-0.2, 0) is 6.54 Å². The van der Waals surface area contributed by atoms with Crippen molar-refractivity contribution in [1.82, 2.24) is 19.7 Å². The minimum Gasteiger partial charge on any atom is -0.348 e. The van der Waals surface area contributed by atoms with Crippen molar-refractivity contribution in [2.24, 2.45) is 0 Å². The first-order chi connectivity index (χ1) is 12.1. The van der Waals surface area contributed by atoms with Gasteiger partial charge in [0.25, 0.3) is 5.91 Å². The smallest absolute Gasteiger partial charge is 0.255 e. The van der Waals surface area contributed by atoms with E-state index in [1.807, 2.05) is 66.9 Å². The summed E-state index contributed by atoms with van der Waals surface area (Å²) in [7, 11) is 0. The third-order valence-corrected chi connectivity index (χ3v) is 4.31. The second-order valence-electron chi connectivity index (χ2n) is 6.18. The molecule has 124 valence electrons. The van der Waals surface area contributed by atoms with Crippen LogP contribution in [0.2, 0.25) is 0 Å². The number of hydrogen-bond donors (Lipinski definition) is 1. The highest BCUT2D eigenvalue weighted by Gasteiger charge is 2.14. The quantitative estimate of drug-likeness (QED) is 0.626. The van der Waals surface area contributed by atoms with E-state index in [1.165, 1.54) is 0 Å². The summed E-state index contributed by atoms with van der Waals surface area (Å²) >= 11 is 0. The molecule has 5 nitrogen and oxygen atoms in total. The van der Waals surface area contributed by atoms with Gasteiger partial charge in [-0.1, -0.05) is 18.2 Å². The van der Waals surface area contributed by atoms with E-state index in [0.29, 0.717) is 17.8 Å². The van der Waals surface area contributed by atoms with Crippen molar-refractivity contribution < 1.29 is 4.79 Å². The average molecular weight is 330 g/mol. The Morgan fingerprint density at radius 3 is 2.92 bits per heavy atom. The molecule has 3 aromatic heterocycles. The topological polar surface area (TPSA) is 59.3 Å². The molecular weight excluding hydrogens is 312 g/mol. The van der Waals surface area contributed by atoms with Crippen LogP contribution in [0.4, 0.5) is 0 Å². The highest BCUT2D eigenvalue weighted by atomic mass is 16.1. The van der Waals surface area contributed by atoms with E-state index in [-0.39, 0.29) is 5.91 Å². The summed E-state index contributed by atoms with van der Waals surface area (Å²) in [6.07, 6.45) is 3.65. The second-order valence-corrected chi connectivity index (χ2v) is 6.18. The van der Waals surface area contributed by atoms with E-state index in [1.54, 1.807) is 6.20 Å². The molecule has 3 heterocycles. The molecule has 0 saturated carbocycles. The van der Waals surface area contributed by atoms with Gasteiger partial charge in [0.15, 0.2) is 0 Å². The third-order valence-electron chi connectivity index (χ3n) is 4.31. The van der Waals surface area contributed by atoms with Gasteiger partial charge in [0.05, 0.1) is 11.1 Å². The number of carbonyl (C=O) groups is 1. The van der Waals surface area contributed by atoms with Gasteiger partial charge in [-0.15, -0.1) is 0 Å². The van der Waals surface area contributed by atoms with Crippen LogP contribution in [0.1, 0.15) is 27.3 Å². The zero-order valence-corrected chi connectivity index (χ0v) is 14.2. The third kappa shape index (κ3) is 2.85. The van der Waals surface area contributed by atoms with Crippen molar-refractivity contribution in [2.45, 2.75) is 20.4 Å². The normalized spacial score (nSPS) is 11.1. The zero-order valence-electron chi connectivity index (χ0n) is 14.2. The minimum atomic E-state index is -0.124. The van der Waals surface area contributed by atoms with E-state index >= 15 is 0 Å². The fourth-order valence-corrected chi connectivity index (χ4v) is 3.07.